The molecule has 2 rings (SSSR count). The molecule has 1 aromatic carbocycles. The molecule has 1 saturated heterocycles. The molecule has 0 N–H and O–H groups in total. The number of hydrogen-bond donors (Lipinski definition) is 0. The Morgan fingerprint density at radius 3 is 2.58 bits per heavy atom. The predicted molar refractivity (Wildman–Crippen MR) is 80.8 cm³/mol. The largest absolute Gasteiger partial charge is 0.243 e. The summed E-state index contributed by atoms with van der Waals surface area (Å²) in [6, 6.07) is 3.66. The zero-order valence-electron chi connectivity index (χ0n) is 11.6. The number of benzene rings is 1. The minimum Gasteiger partial charge on any atom is -0.207 e. The number of nitrogens with zero attached hydrogens (tertiary/aromatic N) is 1. The molecule has 0 radical (unpaired) electrons. The summed E-state index contributed by atoms with van der Waals surface area (Å²) in [5, 5.41) is 0. The monoisotopic (exact) mass is 345 g/mol. The first kappa shape index (κ1) is 15.0. The van der Waals surface area contributed by atoms with Gasteiger partial charge in [0.1, 0.15) is 0 Å². The number of hydrogen-bond acceptors (Lipinski definition) is 2. The minimum atomic E-state index is -3.35. The van der Waals surface area contributed by atoms with Crippen LogP contribution in [0.5, 0.6) is 0 Å². The highest BCUT2D eigenvalue weighted by Crippen LogP contribution is 2.29. The molecule has 106 valence electrons. The molecule has 0 bridgehead atoms. The van der Waals surface area contributed by atoms with Crippen LogP contribution in [-0.2, 0) is 10.0 Å². The predicted octanol–water partition coefficient (Wildman–Crippen LogP) is 3.49. The van der Waals surface area contributed by atoms with Gasteiger partial charge in [-0.25, -0.2) is 8.42 Å². The Hall–Kier alpha value is -0.390. The molecule has 19 heavy (non-hydrogen) atoms. The van der Waals surface area contributed by atoms with Crippen LogP contribution in [0.1, 0.15) is 30.9 Å². The lowest BCUT2D eigenvalue weighted by molar-refractivity contribution is 0.281. The molecule has 1 aliphatic heterocycles. The van der Waals surface area contributed by atoms with Crippen molar-refractivity contribution in [3.8, 4) is 0 Å². The minimum absolute atomic E-state index is 0.445. The summed E-state index contributed by atoms with van der Waals surface area (Å²) in [5.74, 6) is 0.445. The van der Waals surface area contributed by atoms with E-state index < -0.39 is 10.0 Å². The van der Waals surface area contributed by atoms with E-state index in [1.165, 1.54) is 0 Å². The van der Waals surface area contributed by atoms with Crippen LogP contribution in [-0.4, -0.2) is 25.8 Å². The van der Waals surface area contributed by atoms with E-state index in [0.717, 1.165) is 28.4 Å². The Labute approximate surface area is 124 Å². The van der Waals surface area contributed by atoms with Crippen molar-refractivity contribution in [2.75, 3.05) is 13.1 Å². The standard InChI is InChI=1S/C14H20BrNO2S/c1-10-5-4-6-16(9-10)19(17,18)14-8-11(2)13(15)7-12(14)3/h7-8,10H,4-6,9H2,1-3H3/t10-/m1/s1. The molecule has 0 aliphatic carbocycles. The van der Waals surface area contributed by atoms with Crippen molar-refractivity contribution in [2.24, 2.45) is 5.92 Å². The van der Waals surface area contributed by atoms with Crippen molar-refractivity contribution in [1.29, 1.82) is 0 Å². The first-order valence-corrected chi connectivity index (χ1v) is 8.82. The van der Waals surface area contributed by atoms with Gasteiger partial charge in [-0.3, -0.25) is 0 Å². The van der Waals surface area contributed by atoms with Crippen LogP contribution in [0.3, 0.4) is 0 Å². The van der Waals surface area contributed by atoms with E-state index in [4.69, 9.17) is 0 Å². The van der Waals surface area contributed by atoms with Crippen molar-refractivity contribution < 1.29 is 8.42 Å². The molecule has 5 heteroatoms. The van der Waals surface area contributed by atoms with Gasteiger partial charge >= 0.3 is 0 Å². The van der Waals surface area contributed by atoms with Gasteiger partial charge in [0.2, 0.25) is 10.0 Å². The average Bonchev–Trinajstić information content (AvgIpc) is 2.33. The third-order valence-corrected chi connectivity index (χ3v) is 6.56. The third kappa shape index (κ3) is 3.03. The quantitative estimate of drug-likeness (QED) is 0.822. The van der Waals surface area contributed by atoms with Crippen molar-refractivity contribution >= 4 is 26.0 Å². The summed E-state index contributed by atoms with van der Waals surface area (Å²) >= 11 is 3.44. The number of aryl methyl sites for hydroxylation is 2. The van der Waals surface area contributed by atoms with Crippen LogP contribution in [0.2, 0.25) is 0 Å². The SMILES string of the molecule is Cc1cc(S(=O)(=O)N2CCC[C@@H](C)C2)c(C)cc1Br. The van der Waals surface area contributed by atoms with Crippen LogP contribution in [0, 0.1) is 19.8 Å². The molecular weight excluding hydrogens is 326 g/mol. The summed E-state index contributed by atoms with van der Waals surface area (Å²) in [5.41, 5.74) is 1.75. The van der Waals surface area contributed by atoms with Gasteiger partial charge in [-0.1, -0.05) is 22.9 Å². The first-order chi connectivity index (χ1) is 8.82. The smallest absolute Gasteiger partial charge is 0.207 e. The molecule has 1 fully saturated rings. The summed E-state index contributed by atoms with van der Waals surface area (Å²) in [6.45, 7) is 7.16. The van der Waals surface area contributed by atoms with E-state index in [9.17, 15) is 8.42 Å². The summed E-state index contributed by atoms with van der Waals surface area (Å²) < 4.78 is 28.0. The lowest BCUT2D eigenvalue weighted by Gasteiger charge is -2.30. The van der Waals surface area contributed by atoms with E-state index in [2.05, 4.69) is 22.9 Å². The fourth-order valence-electron chi connectivity index (χ4n) is 2.54. The van der Waals surface area contributed by atoms with Gasteiger partial charge in [0.05, 0.1) is 4.90 Å². The highest BCUT2D eigenvalue weighted by molar-refractivity contribution is 9.10. The van der Waals surface area contributed by atoms with Crippen LogP contribution in [0.4, 0.5) is 0 Å². The van der Waals surface area contributed by atoms with Crippen LogP contribution < -0.4 is 0 Å². The number of piperidine rings is 1. The zero-order chi connectivity index (χ0) is 14.2. The Balaban J connectivity index is 2.42. The van der Waals surface area contributed by atoms with Crippen LogP contribution in [0.15, 0.2) is 21.5 Å². The zero-order valence-corrected chi connectivity index (χ0v) is 14.0. The summed E-state index contributed by atoms with van der Waals surface area (Å²) in [4.78, 5) is 0.447. The number of halogens is 1. The maximum atomic E-state index is 12.7. The lowest BCUT2D eigenvalue weighted by atomic mass is 10.0. The number of rotatable bonds is 2. The van der Waals surface area contributed by atoms with E-state index >= 15 is 0 Å². The fraction of sp³-hybridized carbons (Fsp3) is 0.571. The molecule has 0 saturated carbocycles. The van der Waals surface area contributed by atoms with Gasteiger partial charge in [-0.15, -0.1) is 0 Å². The molecule has 1 aromatic rings. The molecule has 1 aliphatic rings. The van der Waals surface area contributed by atoms with E-state index in [1.54, 1.807) is 10.4 Å². The van der Waals surface area contributed by atoms with Gasteiger partial charge in [0, 0.05) is 17.6 Å². The van der Waals surface area contributed by atoms with Gasteiger partial charge in [0.25, 0.3) is 0 Å². The van der Waals surface area contributed by atoms with Crippen molar-refractivity contribution in [2.45, 2.75) is 38.5 Å². The lowest BCUT2D eigenvalue weighted by Crippen LogP contribution is -2.39. The molecule has 0 spiro atoms. The highest BCUT2D eigenvalue weighted by atomic mass is 79.9. The van der Waals surface area contributed by atoms with E-state index in [0.29, 0.717) is 23.9 Å². The van der Waals surface area contributed by atoms with E-state index in [1.807, 2.05) is 19.9 Å². The maximum Gasteiger partial charge on any atom is 0.243 e. The Morgan fingerprint density at radius 2 is 1.95 bits per heavy atom. The maximum absolute atomic E-state index is 12.7. The second-order valence-electron chi connectivity index (χ2n) is 5.48. The fourth-order valence-corrected chi connectivity index (χ4v) is 4.88. The highest BCUT2D eigenvalue weighted by Gasteiger charge is 2.29. The van der Waals surface area contributed by atoms with Crippen molar-refractivity contribution in [3.63, 3.8) is 0 Å². The van der Waals surface area contributed by atoms with Crippen molar-refractivity contribution in [3.05, 3.63) is 27.7 Å². The molecule has 0 unspecified atom stereocenters. The Kier molecular flexibility index (Phi) is 4.38. The summed E-state index contributed by atoms with van der Waals surface area (Å²) in [6.07, 6.45) is 2.07. The molecule has 3 nitrogen and oxygen atoms in total. The van der Waals surface area contributed by atoms with Crippen LogP contribution in [0.25, 0.3) is 0 Å². The molecule has 1 atom stereocenters. The molecular formula is C14H20BrNO2S. The second-order valence-corrected chi connectivity index (χ2v) is 8.24. The topological polar surface area (TPSA) is 37.4 Å². The Morgan fingerprint density at radius 1 is 1.26 bits per heavy atom. The first-order valence-electron chi connectivity index (χ1n) is 6.59. The van der Waals surface area contributed by atoms with E-state index in [-0.39, 0.29) is 0 Å². The normalized spacial score (nSPS) is 21.6. The van der Waals surface area contributed by atoms with Crippen LogP contribution >= 0.6 is 15.9 Å². The average molecular weight is 346 g/mol. The molecule has 0 amide bonds. The Bertz CT molecular complexity index is 583. The molecule has 1 heterocycles. The van der Waals surface area contributed by atoms with Gasteiger partial charge in [-0.2, -0.15) is 4.31 Å². The third-order valence-electron chi connectivity index (χ3n) is 3.69. The second kappa shape index (κ2) is 5.54. The molecule has 0 aromatic heterocycles. The van der Waals surface area contributed by atoms with Gasteiger partial charge < -0.3 is 0 Å². The van der Waals surface area contributed by atoms with Gasteiger partial charge in [-0.05, 0) is 55.9 Å². The van der Waals surface area contributed by atoms with Crippen molar-refractivity contribution in [1.82, 2.24) is 4.31 Å². The summed E-state index contributed by atoms with van der Waals surface area (Å²) in [7, 11) is -3.35. The number of sulfonamides is 1. The van der Waals surface area contributed by atoms with Gasteiger partial charge in [0.15, 0.2) is 0 Å².